The van der Waals surface area contributed by atoms with E-state index in [2.05, 4.69) is 35.5 Å². The van der Waals surface area contributed by atoms with Gasteiger partial charge in [0.2, 0.25) is 5.95 Å². The van der Waals surface area contributed by atoms with Gasteiger partial charge in [0.25, 0.3) is 11.3 Å². The standard InChI is InChI=1S/C17H16N8O2S/c18-14-9-19-17(22-12-5-4-10-8-20-24-15(10)7-12)23-16(14)21-11-2-1-3-13(6-11)25-28(26)27/h1-9,25H,18H2,(H,20,24)(H,26,27)(H2,19,21,22,23). The molecular weight excluding hydrogens is 380 g/mol. The lowest BCUT2D eigenvalue weighted by atomic mass is 10.2. The molecule has 0 radical (unpaired) electrons. The monoisotopic (exact) mass is 396 g/mol. The van der Waals surface area contributed by atoms with Gasteiger partial charge in [0.1, 0.15) is 0 Å². The molecule has 0 aliphatic carbocycles. The predicted octanol–water partition coefficient (Wildman–Crippen LogP) is 2.97. The molecule has 0 aliphatic rings. The van der Waals surface area contributed by atoms with Crippen molar-refractivity contribution in [2.45, 2.75) is 0 Å². The summed E-state index contributed by atoms with van der Waals surface area (Å²) in [6.07, 6.45) is 3.24. The molecule has 142 valence electrons. The van der Waals surface area contributed by atoms with Crippen molar-refractivity contribution in [3.05, 3.63) is 54.9 Å². The lowest BCUT2D eigenvalue weighted by molar-refractivity contribution is 0.570. The lowest BCUT2D eigenvalue weighted by Crippen LogP contribution is -2.05. The number of nitrogens with one attached hydrogen (secondary N) is 4. The summed E-state index contributed by atoms with van der Waals surface area (Å²) < 4.78 is 22.3. The Morgan fingerprint density at radius 3 is 2.71 bits per heavy atom. The number of benzene rings is 2. The molecule has 28 heavy (non-hydrogen) atoms. The second-order valence-electron chi connectivity index (χ2n) is 5.85. The van der Waals surface area contributed by atoms with E-state index in [1.54, 1.807) is 30.5 Å². The summed E-state index contributed by atoms with van der Waals surface area (Å²) in [5, 5.41) is 14.1. The van der Waals surface area contributed by atoms with Crippen LogP contribution in [0.4, 0.5) is 34.5 Å². The smallest absolute Gasteiger partial charge is 0.259 e. The number of fused-ring (bicyclic) bond motifs is 1. The Hall–Kier alpha value is -3.70. The summed E-state index contributed by atoms with van der Waals surface area (Å²) in [7, 11) is 0. The van der Waals surface area contributed by atoms with Crippen LogP contribution in [0.25, 0.3) is 10.9 Å². The molecule has 1 unspecified atom stereocenters. The maximum Gasteiger partial charge on any atom is 0.259 e. The van der Waals surface area contributed by atoms with Gasteiger partial charge in [-0.15, -0.1) is 0 Å². The van der Waals surface area contributed by atoms with Crippen LogP contribution in [0.3, 0.4) is 0 Å². The van der Waals surface area contributed by atoms with Crippen molar-refractivity contribution in [1.82, 2.24) is 20.2 Å². The van der Waals surface area contributed by atoms with E-state index in [4.69, 9.17) is 10.3 Å². The molecule has 4 aromatic rings. The zero-order valence-corrected chi connectivity index (χ0v) is 15.2. The van der Waals surface area contributed by atoms with E-state index < -0.39 is 11.3 Å². The summed E-state index contributed by atoms with van der Waals surface area (Å²) >= 11 is -2.15. The molecule has 7 N–H and O–H groups in total. The van der Waals surface area contributed by atoms with Gasteiger partial charge in [-0.2, -0.15) is 10.1 Å². The Bertz CT molecular complexity index is 1160. The molecule has 0 fully saturated rings. The van der Waals surface area contributed by atoms with E-state index >= 15 is 0 Å². The van der Waals surface area contributed by atoms with Crippen molar-refractivity contribution in [2.75, 3.05) is 21.1 Å². The van der Waals surface area contributed by atoms with Crippen molar-refractivity contribution in [2.24, 2.45) is 0 Å². The van der Waals surface area contributed by atoms with Crippen molar-refractivity contribution in [3.63, 3.8) is 0 Å². The minimum absolute atomic E-state index is 0.360. The average molecular weight is 396 g/mol. The van der Waals surface area contributed by atoms with Crippen LogP contribution in [0.15, 0.2) is 54.9 Å². The lowest BCUT2D eigenvalue weighted by Gasteiger charge is -2.12. The second kappa shape index (κ2) is 7.50. The Labute approximate surface area is 162 Å². The number of rotatable bonds is 6. The molecule has 2 aromatic carbocycles. The molecule has 0 bridgehead atoms. The third-order valence-corrected chi connectivity index (χ3v) is 4.26. The maximum absolute atomic E-state index is 10.9. The first-order valence-corrected chi connectivity index (χ1v) is 9.25. The zero-order chi connectivity index (χ0) is 19.5. The van der Waals surface area contributed by atoms with Gasteiger partial charge in [0, 0.05) is 16.8 Å². The van der Waals surface area contributed by atoms with Crippen molar-refractivity contribution in [3.8, 4) is 0 Å². The minimum Gasteiger partial charge on any atom is -0.394 e. The molecule has 0 saturated heterocycles. The van der Waals surface area contributed by atoms with Gasteiger partial charge in [-0.3, -0.25) is 14.4 Å². The number of aromatic nitrogens is 4. The SMILES string of the molecule is Nc1cnc(Nc2ccc3cn[nH]c3c2)nc1Nc1cccc(NS(=O)O)c1. The molecule has 0 spiro atoms. The molecule has 0 saturated carbocycles. The van der Waals surface area contributed by atoms with Crippen LogP contribution in [-0.2, 0) is 11.3 Å². The molecule has 4 rings (SSSR count). The topological polar surface area (TPSA) is 154 Å². The Morgan fingerprint density at radius 1 is 1.04 bits per heavy atom. The van der Waals surface area contributed by atoms with Crippen LogP contribution in [0.2, 0.25) is 0 Å². The molecule has 0 amide bonds. The van der Waals surface area contributed by atoms with Gasteiger partial charge in [-0.1, -0.05) is 6.07 Å². The minimum atomic E-state index is -2.15. The van der Waals surface area contributed by atoms with E-state index in [0.29, 0.717) is 28.8 Å². The van der Waals surface area contributed by atoms with Gasteiger partial charge in [0.15, 0.2) is 5.82 Å². The van der Waals surface area contributed by atoms with Gasteiger partial charge in [-0.25, -0.2) is 9.19 Å². The number of hydrogen-bond donors (Lipinski definition) is 6. The summed E-state index contributed by atoms with van der Waals surface area (Å²) in [4.78, 5) is 8.61. The molecule has 2 aromatic heterocycles. The third-order valence-electron chi connectivity index (χ3n) is 3.85. The summed E-state index contributed by atoms with van der Waals surface area (Å²) in [6.45, 7) is 0. The van der Waals surface area contributed by atoms with E-state index in [0.717, 1.165) is 16.6 Å². The number of hydrogen-bond acceptors (Lipinski definition) is 7. The van der Waals surface area contributed by atoms with Crippen LogP contribution < -0.4 is 21.1 Å². The highest BCUT2D eigenvalue weighted by Gasteiger charge is 2.07. The van der Waals surface area contributed by atoms with Crippen LogP contribution in [0, 0.1) is 0 Å². The van der Waals surface area contributed by atoms with Crippen molar-refractivity contribution >= 4 is 56.7 Å². The third kappa shape index (κ3) is 4.00. The highest BCUT2D eigenvalue weighted by molar-refractivity contribution is 7.80. The van der Waals surface area contributed by atoms with E-state index in [1.807, 2.05) is 18.2 Å². The van der Waals surface area contributed by atoms with Gasteiger partial charge < -0.3 is 16.4 Å². The van der Waals surface area contributed by atoms with E-state index in [1.165, 1.54) is 6.20 Å². The maximum atomic E-state index is 10.9. The van der Waals surface area contributed by atoms with Crippen LogP contribution in [-0.4, -0.2) is 28.9 Å². The number of anilines is 6. The molecule has 1 atom stereocenters. The Balaban J connectivity index is 1.56. The van der Waals surface area contributed by atoms with E-state index in [9.17, 15) is 4.21 Å². The van der Waals surface area contributed by atoms with E-state index in [-0.39, 0.29) is 0 Å². The van der Waals surface area contributed by atoms with Crippen LogP contribution in [0.5, 0.6) is 0 Å². The quantitative estimate of drug-likeness (QED) is 0.272. The number of aromatic amines is 1. The molecule has 10 nitrogen and oxygen atoms in total. The number of nitrogens with two attached hydrogens (primary N) is 1. The zero-order valence-electron chi connectivity index (χ0n) is 14.4. The predicted molar refractivity (Wildman–Crippen MR) is 110 cm³/mol. The molecule has 0 aliphatic heterocycles. The summed E-state index contributed by atoms with van der Waals surface area (Å²) in [5.41, 5.74) is 9.15. The average Bonchev–Trinajstić information content (AvgIpc) is 3.12. The van der Waals surface area contributed by atoms with Crippen molar-refractivity contribution < 1.29 is 8.76 Å². The number of H-pyrrole nitrogens is 1. The highest BCUT2D eigenvalue weighted by Crippen LogP contribution is 2.25. The van der Waals surface area contributed by atoms with Crippen LogP contribution >= 0.6 is 0 Å². The van der Waals surface area contributed by atoms with Crippen molar-refractivity contribution in [1.29, 1.82) is 0 Å². The highest BCUT2D eigenvalue weighted by atomic mass is 32.2. The fraction of sp³-hybridized carbons (Fsp3) is 0. The van der Waals surface area contributed by atoms with Gasteiger partial charge in [0.05, 0.1) is 29.3 Å². The first-order chi connectivity index (χ1) is 13.6. The molecular formula is C17H16N8O2S. The summed E-state index contributed by atoms with van der Waals surface area (Å²) in [5.74, 6) is 0.767. The van der Waals surface area contributed by atoms with Gasteiger partial charge >= 0.3 is 0 Å². The number of nitrogens with zero attached hydrogens (tertiary/aromatic N) is 3. The first-order valence-electron chi connectivity index (χ1n) is 8.14. The fourth-order valence-corrected chi connectivity index (χ4v) is 2.92. The summed E-state index contributed by atoms with van der Waals surface area (Å²) in [6, 6.07) is 12.6. The normalized spacial score (nSPS) is 11.9. The molecule has 2 heterocycles. The second-order valence-corrected chi connectivity index (χ2v) is 6.55. The first kappa shape index (κ1) is 17.7. The van der Waals surface area contributed by atoms with Crippen LogP contribution in [0.1, 0.15) is 0 Å². The molecule has 11 heteroatoms. The largest absolute Gasteiger partial charge is 0.394 e. The Morgan fingerprint density at radius 2 is 1.86 bits per heavy atom. The van der Waals surface area contributed by atoms with Gasteiger partial charge in [-0.05, 0) is 36.4 Å². The fourth-order valence-electron chi connectivity index (χ4n) is 2.59. The Kier molecular flexibility index (Phi) is 4.74. The number of nitrogen functional groups attached to an aromatic ring is 1.